The third-order valence-corrected chi connectivity index (χ3v) is 6.75. The smallest absolute Gasteiger partial charge is 0.332 e. The highest BCUT2D eigenvalue weighted by atomic mass is 32.2. The lowest BCUT2D eigenvalue weighted by Gasteiger charge is -2.30. The molecule has 2 aromatic carbocycles. The third kappa shape index (κ3) is 3.60. The van der Waals surface area contributed by atoms with Crippen molar-refractivity contribution in [3.8, 4) is 11.5 Å². The van der Waals surface area contributed by atoms with Crippen LogP contribution in [-0.2, 0) is 19.1 Å². The quantitative estimate of drug-likeness (QED) is 0.614. The Morgan fingerprint density at radius 1 is 1.09 bits per heavy atom. The summed E-state index contributed by atoms with van der Waals surface area (Å²) in [6, 6.07) is 11.4. The fourth-order valence-corrected chi connectivity index (χ4v) is 5.16. The molecular formula is C22H20N2O7S. The standard InChI is InChI=1S/C22H20N2O7S/c25-18(24-8-7-22(19(24)21(27)28)29-9-10-30-22)12-23-20(26)13-5-6-15-17(11-13)32-16-4-2-1-3-14(16)31-15/h1-6,11,19H,7-10,12H2,(H,23,26)(H,27,28)/t19-/m1/s1. The molecule has 1 atom stereocenters. The van der Waals surface area contributed by atoms with Gasteiger partial charge >= 0.3 is 5.97 Å². The van der Waals surface area contributed by atoms with Crippen LogP contribution >= 0.6 is 11.8 Å². The molecule has 2 saturated heterocycles. The molecule has 3 aliphatic heterocycles. The summed E-state index contributed by atoms with van der Waals surface area (Å²) in [6.07, 6.45) is 0.271. The molecule has 1 spiro atoms. The minimum atomic E-state index is -1.31. The monoisotopic (exact) mass is 456 g/mol. The molecule has 2 amide bonds. The van der Waals surface area contributed by atoms with Gasteiger partial charge in [-0.3, -0.25) is 9.59 Å². The van der Waals surface area contributed by atoms with Crippen LogP contribution in [0.4, 0.5) is 0 Å². The molecule has 0 saturated carbocycles. The topological polar surface area (TPSA) is 114 Å². The van der Waals surface area contributed by atoms with Crippen LogP contribution in [0.15, 0.2) is 52.3 Å². The largest absolute Gasteiger partial charge is 0.480 e. The number of carboxylic acid groups (broad SMARTS) is 1. The number of para-hydroxylation sites is 1. The Labute approximate surface area is 187 Å². The summed E-state index contributed by atoms with van der Waals surface area (Å²) in [5.74, 6) is -2.03. The van der Waals surface area contributed by atoms with Crippen molar-refractivity contribution in [3.63, 3.8) is 0 Å². The summed E-state index contributed by atoms with van der Waals surface area (Å²) in [7, 11) is 0. The van der Waals surface area contributed by atoms with Crippen molar-refractivity contribution in [1.29, 1.82) is 0 Å². The second kappa shape index (κ2) is 8.12. The van der Waals surface area contributed by atoms with Gasteiger partial charge in [-0.1, -0.05) is 23.9 Å². The summed E-state index contributed by atoms with van der Waals surface area (Å²) in [5.41, 5.74) is 0.377. The predicted octanol–water partition coefficient (Wildman–Crippen LogP) is 2.10. The van der Waals surface area contributed by atoms with Gasteiger partial charge in [0.1, 0.15) is 11.5 Å². The maximum Gasteiger partial charge on any atom is 0.332 e. The zero-order valence-corrected chi connectivity index (χ0v) is 17.7. The molecule has 0 aromatic heterocycles. The molecule has 3 heterocycles. The molecule has 2 fully saturated rings. The van der Waals surface area contributed by atoms with Crippen LogP contribution in [0, 0.1) is 0 Å². The fraction of sp³-hybridized carbons (Fsp3) is 0.318. The maximum absolute atomic E-state index is 12.7. The average molecular weight is 456 g/mol. The minimum absolute atomic E-state index is 0.178. The Kier molecular flexibility index (Phi) is 5.28. The average Bonchev–Trinajstić information content (AvgIpc) is 3.42. The molecule has 166 valence electrons. The number of carboxylic acids is 1. The number of amides is 2. The summed E-state index contributed by atoms with van der Waals surface area (Å²) >= 11 is 1.50. The highest BCUT2D eigenvalue weighted by Gasteiger charge is 2.57. The molecule has 5 rings (SSSR count). The van der Waals surface area contributed by atoms with Crippen LogP contribution in [0.25, 0.3) is 0 Å². The van der Waals surface area contributed by atoms with Crippen molar-refractivity contribution < 1.29 is 33.7 Å². The third-order valence-electron chi connectivity index (χ3n) is 5.65. The zero-order valence-electron chi connectivity index (χ0n) is 16.9. The zero-order chi connectivity index (χ0) is 22.3. The van der Waals surface area contributed by atoms with Gasteiger partial charge in [-0.15, -0.1) is 0 Å². The van der Waals surface area contributed by atoms with Crippen molar-refractivity contribution in [2.75, 3.05) is 26.3 Å². The van der Waals surface area contributed by atoms with Crippen molar-refractivity contribution in [1.82, 2.24) is 10.2 Å². The number of aliphatic carboxylic acids is 1. The first kappa shape index (κ1) is 20.8. The number of rotatable bonds is 4. The van der Waals surface area contributed by atoms with E-state index in [-0.39, 0.29) is 32.7 Å². The van der Waals surface area contributed by atoms with E-state index in [9.17, 15) is 19.5 Å². The van der Waals surface area contributed by atoms with Gasteiger partial charge in [-0.25, -0.2) is 4.79 Å². The van der Waals surface area contributed by atoms with Gasteiger partial charge in [-0.2, -0.15) is 0 Å². The SMILES string of the molecule is O=C(NCC(=O)N1CCC2(OCCO2)[C@H]1C(=O)O)c1ccc2c(c1)Sc1ccccc1O2. The second-order valence-electron chi connectivity index (χ2n) is 7.58. The number of nitrogens with zero attached hydrogens (tertiary/aromatic N) is 1. The Bertz CT molecular complexity index is 1100. The van der Waals surface area contributed by atoms with Crippen LogP contribution < -0.4 is 10.1 Å². The van der Waals surface area contributed by atoms with Crippen LogP contribution in [-0.4, -0.2) is 65.9 Å². The van der Waals surface area contributed by atoms with Crippen molar-refractivity contribution >= 4 is 29.5 Å². The molecule has 0 unspecified atom stereocenters. The highest BCUT2D eigenvalue weighted by molar-refractivity contribution is 7.99. The number of ether oxygens (including phenoxy) is 3. The number of carbonyl (C=O) groups is 3. The second-order valence-corrected chi connectivity index (χ2v) is 8.67. The first-order valence-electron chi connectivity index (χ1n) is 10.1. The summed E-state index contributed by atoms with van der Waals surface area (Å²) in [4.78, 5) is 40.1. The lowest BCUT2D eigenvalue weighted by Crippen LogP contribution is -2.54. The number of hydrogen-bond donors (Lipinski definition) is 2. The van der Waals surface area contributed by atoms with Gasteiger partial charge < -0.3 is 29.5 Å². The number of nitrogens with one attached hydrogen (secondary N) is 1. The number of carbonyl (C=O) groups excluding carboxylic acids is 2. The van der Waals surface area contributed by atoms with E-state index < -0.39 is 29.6 Å². The molecule has 32 heavy (non-hydrogen) atoms. The van der Waals surface area contributed by atoms with Gasteiger partial charge in [0.25, 0.3) is 5.91 Å². The van der Waals surface area contributed by atoms with E-state index >= 15 is 0 Å². The fourth-order valence-electron chi connectivity index (χ4n) is 4.17. The number of benzene rings is 2. The predicted molar refractivity (Wildman–Crippen MR) is 112 cm³/mol. The number of fused-ring (bicyclic) bond motifs is 2. The lowest BCUT2D eigenvalue weighted by atomic mass is 10.1. The first-order valence-corrected chi connectivity index (χ1v) is 11.0. The van der Waals surface area contributed by atoms with Gasteiger partial charge in [0.05, 0.1) is 29.5 Å². The molecule has 2 N–H and O–H groups in total. The van der Waals surface area contributed by atoms with Crippen LogP contribution in [0.1, 0.15) is 16.8 Å². The Hall–Kier alpha value is -3.08. The molecule has 0 radical (unpaired) electrons. The van der Waals surface area contributed by atoms with E-state index in [4.69, 9.17) is 14.2 Å². The molecule has 0 bridgehead atoms. The summed E-state index contributed by atoms with van der Waals surface area (Å²) in [6.45, 7) is 0.417. The van der Waals surface area contributed by atoms with E-state index in [2.05, 4.69) is 5.32 Å². The molecule has 10 heteroatoms. The Morgan fingerprint density at radius 2 is 1.84 bits per heavy atom. The first-order chi connectivity index (χ1) is 15.5. The van der Waals surface area contributed by atoms with Gasteiger partial charge in [0.15, 0.2) is 6.04 Å². The van der Waals surface area contributed by atoms with Crippen LogP contribution in [0.5, 0.6) is 11.5 Å². The Morgan fingerprint density at radius 3 is 2.62 bits per heavy atom. The van der Waals surface area contributed by atoms with Crippen molar-refractivity contribution in [2.24, 2.45) is 0 Å². The molecular weight excluding hydrogens is 436 g/mol. The van der Waals surface area contributed by atoms with E-state index in [1.807, 2.05) is 24.3 Å². The molecule has 2 aromatic rings. The number of hydrogen-bond acceptors (Lipinski definition) is 7. The molecule has 0 aliphatic carbocycles. The summed E-state index contributed by atoms with van der Waals surface area (Å²) < 4.78 is 16.9. The van der Waals surface area contributed by atoms with E-state index in [1.54, 1.807) is 18.2 Å². The maximum atomic E-state index is 12.7. The van der Waals surface area contributed by atoms with Crippen molar-refractivity contribution in [2.45, 2.75) is 28.0 Å². The Balaban J connectivity index is 1.24. The summed E-state index contributed by atoms with van der Waals surface area (Å²) in [5, 5.41) is 12.2. The van der Waals surface area contributed by atoms with E-state index in [1.165, 1.54) is 16.7 Å². The van der Waals surface area contributed by atoms with E-state index in [0.717, 1.165) is 15.5 Å². The van der Waals surface area contributed by atoms with Crippen LogP contribution in [0.2, 0.25) is 0 Å². The van der Waals surface area contributed by atoms with Crippen LogP contribution in [0.3, 0.4) is 0 Å². The molecule has 3 aliphatic rings. The van der Waals surface area contributed by atoms with E-state index in [0.29, 0.717) is 11.3 Å². The number of likely N-dealkylation sites (tertiary alicyclic amines) is 1. The van der Waals surface area contributed by atoms with Gasteiger partial charge in [-0.05, 0) is 30.3 Å². The highest BCUT2D eigenvalue weighted by Crippen LogP contribution is 2.47. The molecule has 9 nitrogen and oxygen atoms in total. The minimum Gasteiger partial charge on any atom is -0.480 e. The van der Waals surface area contributed by atoms with Gasteiger partial charge in [0, 0.05) is 18.5 Å². The lowest BCUT2D eigenvalue weighted by molar-refractivity contribution is -0.191. The van der Waals surface area contributed by atoms with Crippen molar-refractivity contribution in [3.05, 3.63) is 48.0 Å². The normalized spacial score (nSPS) is 20.4. The van der Waals surface area contributed by atoms with Gasteiger partial charge in [0.2, 0.25) is 11.7 Å².